The normalized spacial score (nSPS) is 9.08. The Morgan fingerprint density at radius 1 is 1.42 bits per heavy atom. The molecule has 2 nitrogen and oxygen atoms in total. The first-order valence-electron chi connectivity index (χ1n) is 4.35. The first kappa shape index (κ1) is 8.86. The van der Waals surface area contributed by atoms with Gasteiger partial charge in [0.05, 0.1) is 6.33 Å². The van der Waals surface area contributed by atoms with Crippen molar-refractivity contribution >= 4 is 0 Å². The van der Waals surface area contributed by atoms with E-state index in [0.717, 1.165) is 25.8 Å². The molecule has 0 aliphatic heterocycles. The van der Waals surface area contributed by atoms with E-state index in [0.29, 0.717) is 0 Å². The van der Waals surface area contributed by atoms with E-state index in [1.807, 2.05) is 12.5 Å². The number of hydrogen-bond acceptors (Lipinski definition) is 1. The van der Waals surface area contributed by atoms with Crippen molar-refractivity contribution < 1.29 is 0 Å². The van der Waals surface area contributed by atoms with Crippen LogP contribution in [0.15, 0.2) is 18.7 Å². The van der Waals surface area contributed by atoms with Crippen LogP contribution in [0.1, 0.15) is 26.2 Å². The van der Waals surface area contributed by atoms with Crippen molar-refractivity contribution in [1.82, 2.24) is 9.55 Å². The minimum absolute atomic E-state index is 0.963. The molecule has 0 atom stereocenters. The van der Waals surface area contributed by atoms with Gasteiger partial charge in [-0.3, -0.25) is 0 Å². The number of aromatic nitrogens is 2. The van der Waals surface area contributed by atoms with Crippen molar-refractivity contribution in [2.75, 3.05) is 0 Å². The van der Waals surface area contributed by atoms with E-state index in [-0.39, 0.29) is 0 Å². The SMILES string of the molecule is CCC#CCCCn1ccnc1. The van der Waals surface area contributed by atoms with Crippen LogP contribution in [0.5, 0.6) is 0 Å². The first-order valence-corrected chi connectivity index (χ1v) is 4.35. The lowest BCUT2D eigenvalue weighted by molar-refractivity contribution is 0.654. The Kier molecular flexibility index (Phi) is 4.01. The lowest BCUT2D eigenvalue weighted by atomic mass is 10.3. The fourth-order valence-corrected chi connectivity index (χ4v) is 0.982. The second-order valence-corrected chi connectivity index (χ2v) is 2.61. The maximum Gasteiger partial charge on any atom is 0.0945 e. The number of rotatable bonds is 3. The summed E-state index contributed by atoms with van der Waals surface area (Å²) in [7, 11) is 0. The first-order chi connectivity index (χ1) is 5.93. The van der Waals surface area contributed by atoms with Crippen molar-refractivity contribution in [2.24, 2.45) is 0 Å². The summed E-state index contributed by atoms with van der Waals surface area (Å²) in [6.07, 6.45) is 8.69. The Morgan fingerprint density at radius 3 is 3.00 bits per heavy atom. The minimum Gasteiger partial charge on any atom is -0.337 e. The lowest BCUT2D eigenvalue weighted by Crippen LogP contribution is -1.92. The largest absolute Gasteiger partial charge is 0.337 e. The lowest BCUT2D eigenvalue weighted by Gasteiger charge is -1.96. The molecule has 0 N–H and O–H groups in total. The van der Waals surface area contributed by atoms with E-state index in [1.165, 1.54) is 0 Å². The maximum absolute atomic E-state index is 3.96. The highest BCUT2D eigenvalue weighted by Crippen LogP contribution is 1.93. The van der Waals surface area contributed by atoms with Crippen LogP contribution >= 0.6 is 0 Å². The molecule has 2 heteroatoms. The molecule has 0 aromatic carbocycles. The second kappa shape index (κ2) is 5.42. The van der Waals surface area contributed by atoms with E-state index in [1.54, 1.807) is 6.20 Å². The molecule has 0 fully saturated rings. The summed E-state index contributed by atoms with van der Waals surface area (Å²) in [6, 6.07) is 0. The molecule has 64 valence electrons. The van der Waals surface area contributed by atoms with E-state index < -0.39 is 0 Å². The molecule has 0 saturated heterocycles. The van der Waals surface area contributed by atoms with Crippen LogP contribution < -0.4 is 0 Å². The van der Waals surface area contributed by atoms with Crippen LogP contribution in [0.2, 0.25) is 0 Å². The summed E-state index contributed by atoms with van der Waals surface area (Å²) in [6.45, 7) is 3.10. The van der Waals surface area contributed by atoms with E-state index in [9.17, 15) is 0 Å². The molecule has 0 bridgehead atoms. The zero-order chi connectivity index (χ0) is 8.65. The van der Waals surface area contributed by atoms with Crippen molar-refractivity contribution in [3.05, 3.63) is 18.7 Å². The summed E-state index contributed by atoms with van der Waals surface area (Å²) in [5, 5.41) is 0. The van der Waals surface area contributed by atoms with Gasteiger partial charge in [-0.25, -0.2) is 4.98 Å². The monoisotopic (exact) mass is 162 g/mol. The van der Waals surface area contributed by atoms with Crippen LogP contribution in [0.3, 0.4) is 0 Å². The summed E-state index contributed by atoms with van der Waals surface area (Å²) in [5.74, 6) is 6.17. The topological polar surface area (TPSA) is 17.8 Å². The zero-order valence-corrected chi connectivity index (χ0v) is 7.45. The molecular weight excluding hydrogens is 148 g/mol. The van der Waals surface area contributed by atoms with Gasteiger partial charge in [-0.2, -0.15) is 0 Å². The van der Waals surface area contributed by atoms with Crippen LogP contribution in [-0.2, 0) is 6.54 Å². The third-order valence-electron chi connectivity index (χ3n) is 1.58. The molecule has 1 rings (SSSR count). The molecule has 12 heavy (non-hydrogen) atoms. The molecule has 1 heterocycles. The van der Waals surface area contributed by atoms with Gasteiger partial charge in [-0.15, -0.1) is 11.8 Å². The predicted molar refractivity (Wildman–Crippen MR) is 49.5 cm³/mol. The predicted octanol–water partition coefficient (Wildman–Crippen LogP) is 2.08. The van der Waals surface area contributed by atoms with Gasteiger partial charge in [0, 0.05) is 31.8 Å². The molecule has 1 aromatic rings. The van der Waals surface area contributed by atoms with Crippen molar-refractivity contribution in [3.8, 4) is 11.8 Å². The van der Waals surface area contributed by atoms with Crippen LogP contribution in [0, 0.1) is 11.8 Å². The average Bonchev–Trinajstić information content (AvgIpc) is 2.57. The fourth-order valence-electron chi connectivity index (χ4n) is 0.982. The van der Waals surface area contributed by atoms with Crippen LogP contribution in [-0.4, -0.2) is 9.55 Å². The van der Waals surface area contributed by atoms with Gasteiger partial charge < -0.3 is 4.57 Å². The zero-order valence-electron chi connectivity index (χ0n) is 7.45. The van der Waals surface area contributed by atoms with Gasteiger partial charge in [-0.05, 0) is 6.42 Å². The average molecular weight is 162 g/mol. The van der Waals surface area contributed by atoms with Gasteiger partial charge in [-0.1, -0.05) is 6.92 Å². The second-order valence-electron chi connectivity index (χ2n) is 2.61. The van der Waals surface area contributed by atoms with Gasteiger partial charge in [0.1, 0.15) is 0 Å². The van der Waals surface area contributed by atoms with E-state index >= 15 is 0 Å². The van der Waals surface area contributed by atoms with Crippen LogP contribution in [0.25, 0.3) is 0 Å². The number of imidazole rings is 1. The Bertz CT molecular complexity index is 251. The Hall–Kier alpha value is -1.23. The molecule has 0 spiro atoms. The smallest absolute Gasteiger partial charge is 0.0945 e. The highest BCUT2D eigenvalue weighted by molar-refractivity contribution is 4.97. The number of aryl methyl sites for hydroxylation is 1. The molecule has 0 radical (unpaired) electrons. The van der Waals surface area contributed by atoms with E-state index in [2.05, 4.69) is 28.3 Å². The molecule has 0 amide bonds. The highest BCUT2D eigenvalue weighted by atomic mass is 15.0. The summed E-state index contributed by atoms with van der Waals surface area (Å²) < 4.78 is 2.08. The Balaban J connectivity index is 2.11. The quantitative estimate of drug-likeness (QED) is 0.491. The number of hydrogen-bond donors (Lipinski definition) is 0. The van der Waals surface area contributed by atoms with Gasteiger partial charge >= 0.3 is 0 Å². The molecule has 0 saturated carbocycles. The van der Waals surface area contributed by atoms with E-state index in [4.69, 9.17) is 0 Å². The molecule has 0 unspecified atom stereocenters. The number of nitrogens with zero attached hydrogens (tertiary/aromatic N) is 2. The third kappa shape index (κ3) is 3.25. The molecule has 0 aliphatic rings. The molecular formula is C10H14N2. The van der Waals surface area contributed by atoms with Crippen molar-refractivity contribution in [3.63, 3.8) is 0 Å². The van der Waals surface area contributed by atoms with Crippen molar-refractivity contribution in [2.45, 2.75) is 32.7 Å². The maximum atomic E-state index is 3.96. The summed E-state index contributed by atoms with van der Waals surface area (Å²) in [4.78, 5) is 3.96. The Labute approximate surface area is 73.6 Å². The van der Waals surface area contributed by atoms with Crippen molar-refractivity contribution in [1.29, 1.82) is 0 Å². The van der Waals surface area contributed by atoms with Gasteiger partial charge in [0.25, 0.3) is 0 Å². The summed E-state index contributed by atoms with van der Waals surface area (Å²) in [5.41, 5.74) is 0. The van der Waals surface area contributed by atoms with Crippen LogP contribution in [0.4, 0.5) is 0 Å². The third-order valence-corrected chi connectivity index (χ3v) is 1.58. The van der Waals surface area contributed by atoms with Gasteiger partial charge in [0.2, 0.25) is 0 Å². The number of unbranched alkanes of at least 4 members (excludes halogenated alkanes) is 1. The molecule has 0 aliphatic carbocycles. The highest BCUT2D eigenvalue weighted by Gasteiger charge is 1.86. The fraction of sp³-hybridized carbons (Fsp3) is 0.500. The summed E-state index contributed by atoms with van der Waals surface area (Å²) >= 11 is 0. The Morgan fingerprint density at radius 2 is 2.33 bits per heavy atom. The van der Waals surface area contributed by atoms with Gasteiger partial charge in [0.15, 0.2) is 0 Å². The molecule has 1 aromatic heterocycles. The minimum atomic E-state index is 0.963. The standard InChI is InChI=1S/C10H14N2/c1-2-3-4-5-6-8-12-9-7-11-10-12/h7,9-10H,2,5-6,8H2,1H3.